The van der Waals surface area contributed by atoms with Crippen LogP contribution in [0, 0.1) is 50.2 Å². The molecule has 5 aliphatic carbocycles. The summed E-state index contributed by atoms with van der Waals surface area (Å²) in [5.41, 5.74) is -4.30. The van der Waals surface area contributed by atoms with Crippen molar-refractivity contribution >= 4 is 11.9 Å². The van der Waals surface area contributed by atoms with Crippen LogP contribution in [0.15, 0.2) is 23.3 Å². The number of aliphatic hydroxyl groups is 12. The third kappa shape index (κ3) is 8.68. The summed E-state index contributed by atoms with van der Waals surface area (Å²) >= 11 is 0. The Morgan fingerprint density at radius 3 is 2.00 bits per heavy atom. The summed E-state index contributed by atoms with van der Waals surface area (Å²) < 4.78 is 42.2. The largest absolute Gasteiger partial charge is 0.479 e. The summed E-state index contributed by atoms with van der Waals surface area (Å²) in [6, 6.07) is 0. The number of carbonyl (C=O) groups excluding carboxylic acids is 1. The van der Waals surface area contributed by atoms with Gasteiger partial charge in [-0.1, -0.05) is 66.2 Å². The zero-order valence-corrected chi connectivity index (χ0v) is 43.7. The smallest absolute Gasteiger partial charge is 0.335 e. The highest BCUT2D eigenvalue weighted by Gasteiger charge is 2.75. The molecule has 22 nitrogen and oxygen atoms in total. The Kier molecular flexibility index (Phi) is 16.0. The summed E-state index contributed by atoms with van der Waals surface area (Å²) in [4.78, 5) is 26.0. The fraction of sp³-hybridized carbons (Fsp3) is 0.885. The van der Waals surface area contributed by atoms with Gasteiger partial charge in [-0.2, -0.15) is 0 Å². The Bertz CT molecular complexity index is 2130. The molecular formula is C52H82O22. The number of allylic oxidation sites excluding steroid dienone is 2. The van der Waals surface area contributed by atoms with Gasteiger partial charge in [-0.15, -0.1) is 0 Å². The molecule has 74 heavy (non-hydrogen) atoms. The van der Waals surface area contributed by atoms with E-state index in [1.165, 1.54) is 0 Å². The lowest BCUT2D eigenvalue weighted by Crippen LogP contribution is -2.76. The number of fused-ring (bicyclic) bond motifs is 7. The molecule has 422 valence electrons. The predicted octanol–water partition coefficient (Wildman–Crippen LogP) is -1.25. The lowest BCUT2D eigenvalue weighted by Gasteiger charge is -2.73. The number of esters is 1. The van der Waals surface area contributed by atoms with Crippen molar-refractivity contribution in [2.45, 2.75) is 217 Å². The molecule has 0 amide bonds. The molecule has 8 aliphatic rings. The van der Waals surface area contributed by atoms with E-state index in [2.05, 4.69) is 19.9 Å². The molecule has 0 aromatic rings. The van der Waals surface area contributed by atoms with Crippen molar-refractivity contribution in [1.82, 2.24) is 0 Å². The van der Waals surface area contributed by atoms with Crippen LogP contribution in [0.2, 0.25) is 0 Å². The van der Waals surface area contributed by atoms with Crippen LogP contribution in [0.3, 0.4) is 0 Å². The lowest BCUT2D eigenvalue weighted by molar-refractivity contribution is -0.392. The molecule has 0 aromatic carbocycles. The van der Waals surface area contributed by atoms with Gasteiger partial charge in [0.25, 0.3) is 0 Å². The van der Waals surface area contributed by atoms with Crippen LogP contribution in [0.1, 0.15) is 101 Å². The van der Waals surface area contributed by atoms with Gasteiger partial charge in [0.2, 0.25) is 0 Å². The molecule has 0 unspecified atom stereocenters. The van der Waals surface area contributed by atoms with Crippen LogP contribution in [0.4, 0.5) is 0 Å². The standard InChI is InChI=1S/C52H82O22/c1-10-21(2)43(67)74-41-40(64)52(20-54)23(17-47(41,3)4)22-11-12-27-49(7)15-14-28(48(5,6)26(49)13-16-50(27,8)51(22,9)38(62)39(52)63)70-46-37(73-45-33(60)31(58)30(57)25(18-53)69-45)35(34(61)36(72-46)42(65)66)71-44-32(59)29(56)24(55)19-68-44/h10-11,23-41,44-46,53-64H,12-20H2,1-9H3,(H,65,66)/b21-10+/t23-,24+,25+,26-,27+,28-,29+,30+,31-,32-,33+,34-,35-,36-,37+,38-,39+,40+,41-,44-,45-,46+,49-,50+,51-,52-/m0/s1. The predicted molar refractivity (Wildman–Crippen MR) is 253 cm³/mol. The summed E-state index contributed by atoms with van der Waals surface area (Å²) in [5.74, 6) is -3.12. The number of rotatable bonds is 11. The Hall–Kier alpha value is -2.30. The molecule has 26 atom stereocenters. The van der Waals surface area contributed by atoms with E-state index in [0.717, 1.165) is 5.57 Å². The van der Waals surface area contributed by atoms with Gasteiger partial charge in [0, 0.05) is 16.4 Å². The zero-order chi connectivity index (χ0) is 54.7. The van der Waals surface area contributed by atoms with E-state index in [0.29, 0.717) is 44.1 Å². The third-order valence-electron chi connectivity index (χ3n) is 20.4. The average Bonchev–Trinajstić information content (AvgIpc) is 3.34. The van der Waals surface area contributed by atoms with E-state index < -0.39 is 187 Å². The number of aliphatic hydroxyl groups excluding tert-OH is 12. The van der Waals surface area contributed by atoms with Crippen molar-refractivity contribution in [2.24, 2.45) is 50.2 Å². The molecule has 3 saturated heterocycles. The Morgan fingerprint density at radius 1 is 0.730 bits per heavy atom. The maximum Gasteiger partial charge on any atom is 0.335 e. The highest BCUT2D eigenvalue weighted by Crippen LogP contribution is 2.76. The van der Waals surface area contributed by atoms with Crippen LogP contribution < -0.4 is 0 Å². The minimum absolute atomic E-state index is 0.112. The maximum absolute atomic E-state index is 13.2. The van der Waals surface area contributed by atoms with Gasteiger partial charge < -0.3 is 99.5 Å². The summed E-state index contributed by atoms with van der Waals surface area (Å²) in [6.07, 6.45) is -25.6. The summed E-state index contributed by atoms with van der Waals surface area (Å²) in [6.45, 7) is 15.4. The van der Waals surface area contributed by atoms with Crippen LogP contribution in [-0.4, -0.2) is 215 Å². The van der Waals surface area contributed by atoms with E-state index in [9.17, 15) is 76.0 Å². The second kappa shape index (κ2) is 20.4. The summed E-state index contributed by atoms with van der Waals surface area (Å²) in [7, 11) is 0. The van der Waals surface area contributed by atoms with Crippen molar-refractivity contribution in [3.63, 3.8) is 0 Å². The number of carboxylic acids is 1. The van der Waals surface area contributed by atoms with Crippen molar-refractivity contribution in [1.29, 1.82) is 0 Å². The molecule has 8 rings (SSSR count). The molecule has 7 fully saturated rings. The molecule has 0 bridgehead atoms. The van der Waals surface area contributed by atoms with Gasteiger partial charge >= 0.3 is 11.9 Å². The Balaban J connectivity index is 1.11. The molecular weight excluding hydrogens is 977 g/mol. The second-order valence-electron chi connectivity index (χ2n) is 24.7. The van der Waals surface area contributed by atoms with Crippen LogP contribution in [0.5, 0.6) is 0 Å². The first-order valence-corrected chi connectivity index (χ1v) is 26.1. The van der Waals surface area contributed by atoms with Gasteiger partial charge in [0.05, 0.1) is 43.5 Å². The highest BCUT2D eigenvalue weighted by atomic mass is 16.8. The fourth-order valence-corrected chi connectivity index (χ4v) is 15.7. The molecule has 0 aromatic heterocycles. The average molecular weight is 1060 g/mol. The van der Waals surface area contributed by atoms with E-state index in [4.69, 9.17) is 33.2 Å². The van der Waals surface area contributed by atoms with Crippen LogP contribution in [-0.2, 0) is 42.7 Å². The van der Waals surface area contributed by atoms with Gasteiger partial charge in [0.1, 0.15) is 73.2 Å². The van der Waals surface area contributed by atoms with Gasteiger partial charge in [0.15, 0.2) is 25.0 Å². The first-order valence-electron chi connectivity index (χ1n) is 26.1. The lowest BCUT2D eigenvalue weighted by atomic mass is 9.32. The maximum atomic E-state index is 13.2. The minimum Gasteiger partial charge on any atom is -0.479 e. The highest BCUT2D eigenvalue weighted by molar-refractivity contribution is 5.87. The quantitative estimate of drug-likeness (QED) is 0.0497. The summed E-state index contributed by atoms with van der Waals surface area (Å²) in [5, 5.41) is 145. The second-order valence-corrected chi connectivity index (χ2v) is 24.7. The topological polar surface area (TPSA) is 362 Å². The zero-order valence-electron chi connectivity index (χ0n) is 43.7. The monoisotopic (exact) mass is 1060 g/mol. The van der Waals surface area contributed by atoms with Crippen molar-refractivity contribution in [3.05, 3.63) is 23.3 Å². The van der Waals surface area contributed by atoms with Gasteiger partial charge in [-0.3, -0.25) is 0 Å². The minimum atomic E-state index is -2.11. The number of carboxylic acid groups (broad SMARTS) is 1. The number of ether oxygens (including phenoxy) is 7. The molecule has 0 spiro atoms. The number of aliphatic carboxylic acids is 1. The molecule has 0 radical (unpaired) electrons. The number of hydrogen-bond acceptors (Lipinski definition) is 21. The number of carbonyl (C=O) groups is 2. The van der Waals surface area contributed by atoms with Crippen molar-refractivity contribution in [3.8, 4) is 0 Å². The normalized spacial score (nSPS) is 52.1. The molecule has 3 aliphatic heterocycles. The van der Waals surface area contributed by atoms with E-state index in [-0.39, 0.29) is 11.8 Å². The first-order chi connectivity index (χ1) is 34.5. The first kappa shape index (κ1) is 57.9. The SMILES string of the molecule is C/C=C(\C)C(=O)O[C@H]1[C@@H](O)[C@]2(CO)[C@H](O)[C@H](O)[C@]3(C)C(=CC[C@@H]4[C@@]5(C)CC[C@H](O[C@@H]6O[C@H](C(=O)O)[C@@H](O)[C@H](O[C@@H]7OC[C@@H](O)[C@@H](O)[C@@H]7O)[C@H]6O[C@@H]6O[C@H](CO)[C@@H](O)[C@H](O)[C@H]6O)C(C)(C)[C@@H]5CC[C@]43C)[C@@H]2CC1(C)C. The Morgan fingerprint density at radius 2 is 1.38 bits per heavy atom. The van der Waals surface area contributed by atoms with E-state index in [1.807, 2.05) is 34.6 Å². The molecule has 3 heterocycles. The van der Waals surface area contributed by atoms with Crippen LogP contribution >= 0.6 is 0 Å². The van der Waals surface area contributed by atoms with Gasteiger partial charge in [-0.25, -0.2) is 9.59 Å². The number of hydrogen-bond donors (Lipinski definition) is 13. The third-order valence-corrected chi connectivity index (χ3v) is 20.4. The Labute approximate surface area is 430 Å². The van der Waals surface area contributed by atoms with Gasteiger partial charge in [-0.05, 0) is 86.4 Å². The van der Waals surface area contributed by atoms with Crippen molar-refractivity contribution < 1.29 is 109 Å². The van der Waals surface area contributed by atoms with E-state index >= 15 is 0 Å². The molecule has 4 saturated carbocycles. The van der Waals surface area contributed by atoms with E-state index in [1.54, 1.807) is 19.9 Å². The molecule has 22 heteroatoms. The fourth-order valence-electron chi connectivity index (χ4n) is 15.7. The van der Waals surface area contributed by atoms with Crippen LogP contribution in [0.25, 0.3) is 0 Å². The van der Waals surface area contributed by atoms with Crippen molar-refractivity contribution in [2.75, 3.05) is 19.8 Å². The molecule has 13 N–H and O–H groups in total.